The quantitative estimate of drug-likeness (QED) is 0.440. The van der Waals surface area contributed by atoms with Gasteiger partial charge >= 0.3 is 0 Å². The van der Waals surface area contributed by atoms with E-state index in [4.69, 9.17) is 10.6 Å². The highest BCUT2D eigenvalue weighted by Crippen LogP contribution is 2.21. The summed E-state index contributed by atoms with van der Waals surface area (Å²) in [6.45, 7) is 0.512. The van der Waals surface area contributed by atoms with E-state index < -0.39 is 0 Å². The zero-order valence-electron chi connectivity index (χ0n) is 8.57. The molecule has 15 heavy (non-hydrogen) atoms. The van der Waals surface area contributed by atoms with Gasteiger partial charge < -0.3 is 4.74 Å². The average molecular weight is 230 g/mol. The molecule has 0 radical (unpaired) electrons. The Kier molecular flexibility index (Phi) is 5.63. The van der Waals surface area contributed by atoms with E-state index in [0.717, 1.165) is 0 Å². The monoisotopic (exact) mass is 230 g/mol. The van der Waals surface area contributed by atoms with Crippen LogP contribution in [0.15, 0.2) is 29.2 Å². The summed E-state index contributed by atoms with van der Waals surface area (Å²) in [5, 5.41) is 0. The van der Waals surface area contributed by atoms with Crippen molar-refractivity contribution in [1.82, 2.24) is 5.43 Å². The van der Waals surface area contributed by atoms with Crippen LogP contribution in [0.25, 0.3) is 0 Å². The Bertz CT molecular complexity index is 299. The van der Waals surface area contributed by atoms with Gasteiger partial charge in [0.25, 0.3) is 0 Å². The SMILES string of the molecule is COCC(CSc1ccccc1F)NN. The molecule has 0 saturated carbocycles. The lowest BCUT2D eigenvalue weighted by molar-refractivity contribution is 0.174. The molecule has 1 aromatic carbocycles. The van der Waals surface area contributed by atoms with Gasteiger partial charge in [-0.2, -0.15) is 0 Å². The first kappa shape index (κ1) is 12.4. The lowest BCUT2D eigenvalue weighted by Crippen LogP contribution is -2.40. The van der Waals surface area contributed by atoms with Crippen molar-refractivity contribution in [3.63, 3.8) is 0 Å². The zero-order valence-corrected chi connectivity index (χ0v) is 9.39. The first-order chi connectivity index (χ1) is 7.27. The number of hydrazine groups is 1. The second kappa shape index (κ2) is 6.79. The average Bonchev–Trinajstić information content (AvgIpc) is 2.26. The predicted molar refractivity (Wildman–Crippen MR) is 60.1 cm³/mol. The molecule has 1 unspecified atom stereocenters. The van der Waals surface area contributed by atoms with Crippen LogP contribution in [0.1, 0.15) is 0 Å². The van der Waals surface area contributed by atoms with E-state index >= 15 is 0 Å². The number of ether oxygens (including phenoxy) is 1. The van der Waals surface area contributed by atoms with Crippen LogP contribution in [0.5, 0.6) is 0 Å². The smallest absolute Gasteiger partial charge is 0.136 e. The predicted octanol–water partition coefficient (Wildman–Crippen LogP) is 1.40. The molecule has 84 valence electrons. The third-order valence-corrected chi connectivity index (χ3v) is 3.09. The summed E-state index contributed by atoms with van der Waals surface area (Å²) in [5.41, 5.74) is 2.62. The summed E-state index contributed by atoms with van der Waals surface area (Å²) in [4.78, 5) is 0.633. The summed E-state index contributed by atoms with van der Waals surface area (Å²) >= 11 is 1.42. The Hall–Kier alpha value is -0.620. The van der Waals surface area contributed by atoms with Gasteiger partial charge in [0.2, 0.25) is 0 Å². The van der Waals surface area contributed by atoms with Crippen LogP contribution >= 0.6 is 11.8 Å². The van der Waals surface area contributed by atoms with Crippen molar-refractivity contribution in [3.05, 3.63) is 30.1 Å². The Labute approximate surface area is 93.2 Å². The molecule has 0 saturated heterocycles. The minimum atomic E-state index is -0.198. The first-order valence-corrected chi connectivity index (χ1v) is 5.59. The van der Waals surface area contributed by atoms with Crippen LogP contribution in [0.4, 0.5) is 4.39 Å². The van der Waals surface area contributed by atoms with Crippen molar-refractivity contribution in [3.8, 4) is 0 Å². The fourth-order valence-corrected chi connectivity index (χ4v) is 2.05. The fourth-order valence-electron chi connectivity index (χ4n) is 1.10. The first-order valence-electron chi connectivity index (χ1n) is 4.60. The van der Waals surface area contributed by atoms with Gasteiger partial charge in [0.05, 0.1) is 12.6 Å². The number of halogens is 1. The normalized spacial score (nSPS) is 12.7. The van der Waals surface area contributed by atoms with Gasteiger partial charge in [-0.15, -0.1) is 11.8 Å². The molecule has 0 heterocycles. The fraction of sp³-hybridized carbons (Fsp3) is 0.400. The Morgan fingerprint density at radius 3 is 2.87 bits per heavy atom. The van der Waals surface area contributed by atoms with Crippen LogP contribution in [0.2, 0.25) is 0 Å². The topological polar surface area (TPSA) is 47.3 Å². The van der Waals surface area contributed by atoms with E-state index in [2.05, 4.69) is 5.43 Å². The lowest BCUT2D eigenvalue weighted by Gasteiger charge is -2.14. The van der Waals surface area contributed by atoms with Gasteiger partial charge in [0.1, 0.15) is 5.82 Å². The summed E-state index contributed by atoms with van der Waals surface area (Å²) in [6, 6.07) is 6.71. The molecule has 0 aliphatic carbocycles. The minimum Gasteiger partial charge on any atom is -0.383 e. The van der Waals surface area contributed by atoms with Gasteiger partial charge in [-0.1, -0.05) is 12.1 Å². The Morgan fingerprint density at radius 2 is 2.27 bits per heavy atom. The van der Waals surface area contributed by atoms with Crippen molar-refractivity contribution in [1.29, 1.82) is 0 Å². The van der Waals surface area contributed by atoms with Crippen molar-refractivity contribution in [2.75, 3.05) is 19.5 Å². The van der Waals surface area contributed by atoms with Gasteiger partial charge in [0, 0.05) is 17.8 Å². The minimum absolute atomic E-state index is 0.0274. The van der Waals surface area contributed by atoms with Crippen molar-refractivity contribution < 1.29 is 9.13 Å². The molecule has 0 bridgehead atoms. The van der Waals surface area contributed by atoms with Crippen molar-refractivity contribution in [2.24, 2.45) is 5.84 Å². The maximum Gasteiger partial charge on any atom is 0.136 e. The highest BCUT2D eigenvalue weighted by atomic mass is 32.2. The van der Waals surface area contributed by atoms with Crippen LogP contribution in [0.3, 0.4) is 0 Å². The molecule has 5 heteroatoms. The molecular weight excluding hydrogens is 215 g/mol. The second-order valence-corrected chi connectivity index (χ2v) is 4.12. The van der Waals surface area contributed by atoms with E-state index in [1.54, 1.807) is 19.2 Å². The van der Waals surface area contributed by atoms with E-state index in [9.17, 15) is 4.39 Å². The van der Waals surface area contributed by atoms with E-state index in [0.29, 0.717) is 17.3 Å². The van der Waals surface area contributed by atoms with Gasteiger partial charge in [-0.25, -0.2) is 4.39 Å². The molecule has 1 aromatic rings. The van der Waals surface area contributed by atoms with Crippen LogP contribution in [-0.4, -0.2) is 25.5 Å². The highest BCUT2D eigenvalue weighted by Gasteiger charge is 2.08. The maximum absolute atomic E-state index is 13.2. The number of nitrogens with two attached hydrogens (primary N) is 1. The van der Waals surface area contributed by atoms with Gasteiger partial charge in [-0.05, 0) is 12.1 Å². The number of thioether (sulfide) groups is 1. The van der Waals surface area contributed by atoms with E-state index in [1.165, 1.54) is 17.8 Å². The molecule has 3 N–H and O–H groups in total. The second-order valence-electron chi connectivity index (χ2n) is 3.06. The molecule has 0 fully saturated rings. The van der Waals surface area contributed by atoms with E-state index in [1.807, 2.05) is 6.07 Å². The molecule has 0 aliphatic rings. The van der Waals surface area contributed by atoms with Crippen molar-refractivity contribution >= 4 is 11.8 Å². The summed E-state index contributed by atoms with van der Waals surface area (Å²) < 4.78 is 18.2. The number of methoxy groups -OCH3 is 1. The number of rotatable bonds is 6. The highest BCUT2D eigenvalue weighted by molar-refractivity contribution is 7.99. The Morgan fingerprint density at radius 1 is 1.53 bits per heavy atom. The van der Waals surface area contributed by atoms with Crippen LogP contribution < -0.4 is 11.3 Å². The molecule has 0 aromatic heterocycles. The summed E-state index contributed by atoms with van der Waals surface area (Å²) in [5.74, 6) is 5.80. The molecule has 1 atom stereocenters. The van der Waals surface area contributed by atoms with Crippen LogP contribution in [0, 0.1) is 5.82 Å². The third kappa shape index (κ3) is 4.17. The van der Waals surface area contributed by atoms with Crippen LogP contribution in [-0.2, 0) is 4.74 Å². The van der Waals surface area contributed by atoms with Gasteiger partial charge in [0.15, 0.2) is 0 Å². The number of hydrogen-bond acceptors (Lipinski definition) is 4. The number of hydrogen-bond donors (Lipinski definition) is 2. The molecular formula is C10H15FN2OS. The van der Waals surface area contributed by atoms with Crippen molar-refractivity contribution in [2.45, 2.75) is 10.9 Å². The number of nitrogens with one attached hydrogen (secondary N) is 1. The zero-order chi connectivity index (χ0) is 11.1. The largest absolute Gasteiger partial charge is 0.383 e. The lowest BCUT2D eigenvalue weighted by atomic mass is 10.3. The molecule has 3 nitrogen and oxygen atoms in total. The molecule has 0 aliphatic heterocycles. The molecule has 1 rings (SSSR count). The summed E-state index contributed by atoms with van der Waals surface area (Å²) in [7, 11) is 1.61. The molecule has 0 spiro atoms. The van der Waals surface area contributed by atoms with E-state index in [-0.39, 0.29) is 11.9 Å². The Balaban J connectivity index is 2.45. The third-order valence-electron chi connectivity index (χ3n) is 1.88. The standard InChI is InChI=1S/C10H15FN2OS/c1-14-6-8(13-12)7-15-10-5-3-2-4-9(10)11/h2-5,8,13H,6-7,12H2,1H3. The summed E-state index contributed by atoms with van der Waals surface area (Å²) in [6.07, 6.45) is 0. The molecule has 0 amide bonds. The maximum atomic E-state index is 13.2. The van der Waals surface area contributed by atoms with Gasteiger partial charge in [-0.3, -0.25) is 11.3 Å². The number of benzene rings is 1.